The van der Waals surface area contributed by atoms with E-state index >= 15 is 0 Å². The maximum atomic E-state index is 12.0. The number of carbonyl (C=O) groups excluding carboxylic acids is 1. The molecule has 0 aromatic heterocycles. The molecule has 2 nitrogen and oxygen atoms in total. The Kier molecular flexibility index (Phi) is 6.83. The molecule has 1 atom stereocenters. The molecule has 2 aromatic carbocycles. The van der Waals surface area contributed by atoms with Crippen molar-refractivity contribution in [3.05, 3.63) is 66.2 Å². The second-order valence-electron chi connectivity index (χ2n) is 4.71. The highest BCUT2D eigenvalue weighted by molar-refractivity contribution is 9.09. The first kappa shape index (κ1) is 16.1. The van der Waals surface area contributed by atoms with Crippen LogP contribution >= 0.6 is 27.7 Å². The van der Waals surface area contributed by atoms with Crippen molar-refractivity contribution in [3.8, 4) is 0 Å². The fraction of sp³-hybridized carbons (Fsp3) is 0.235. The first-order chi connectivity index (χ1) is 10.3. The van der Waals surface area contributed by atoms with Gasteiger partial charge < -0.3 is 5.32 Å². The molecule has 0 saturated heterocycles. The van der Waals surface area contributed by atoms with Crippen LogP contribution in [-0.2, 0) is 11.2 Å². The summed E-state index contributed by atoms with van der Waals surface area (Å²) in [5, 5.41) is 3.83. The van der Waals surface area contributed by atoms with Crippen molar-refractivity contribution in [3.63, 3.8) is 0 Å². The van der Waals surface area contributed by atoms with Gasteiger partial charge in [0.2, 0.25) is 5.91 Å². The molecule has 0 aliphatic carbocycles. The van der Waals surface area contributed by atoms with E-state index in [2.05, 4.69) is 33.4 Å². The van der Waals surface area contributed by atoms with Crippen molar-refractivity contribution in [2.45, 2.75) is 17.4 Å². The van der Waals surface area contributed by atoms with Crippen LogP contribution < -0.4 is 5.32 Å². The van der Waals surface area contributed by atoms with Crippen molar-refractivity contribution < 1.29 is 4.79 Å². The molecule has 1 amide bonds. The number of nitrogens with one attached hydrogen (secondary N) is 1. The number of hydrogen-bond acceptors (Lipinski definition) is 2. The van der Waals surface area contributed by atoms with E-state index in [1.807, 2.05) is 48.5 Å². The normalized spacial score (nSPS) is 11.9. The number of hydrogen-bond donors (Lipinski definition) is 1. The highest BCUT2D eigenvalue weighted by Crippen LogP contribution is 2.16. The van der Waals surface area contributed by atoms with Gasteiger partial charge in [-0.15, -0.1) is 11.8 Å². The van der Waals surface area contributed by atoms with Crippen LogP contribution in [0.25, 0.3) is 0 Å². The van der Waals surface area contributed by atoms with E-state index in [1.165, 1.54) is 5.56 Å². The van der Waals surface area contributed by atoms with E-state index in [1.54, 1.807) is 11.8 Å². The highest BCUT2D eigenvalue weighted by atomic mass is 79.9. The minimum atomic E-state index is 0.0734. The van der Waals surface area contributed by atoms with E-state index in [0.717, 1.165) is 16.6 Å². The van der Waals surface area contributed by atoms with Gasteiger partial charge in [0.15, 0.2) is 0 Å². The molecule has 0 fully saturated rings. The number of amides is 1. The summed E-state index contributed by atoms with van der Waals surface area (Å²) in [4.78, 5) is 13.1. The molecule has 1 unspecified atom stereocenters. The molecule has 0 aliphatic heterocycles. The van der Waals surface area contributed by atoms with Crippen molar-refractivity contribution in [1.82, 2.24) is 5.32 Å². The number of alkyl halides is 1. The lowest BCUT2D eigenvalue weighted by atomic mass is 10.1. The minimum Gasteiger partial charge on any atom is -0.351 e. The molecular formula is C17H18BrNOS. The van der Waals surface area contributed by atoms with Crippen molar-refractivity contribution in [1.29, 1.82) is 0 Å². The monoisotopic (exact) mass is 363 g/mol. The third-order valence-corrected chi connectivity index (χ3v) is 4.78. The first-order valence-electron chi connectivity index (χ1n) is 6.85. The van der Waals surface area contributed by atoms with E-state index < -0.39 is 0 Å². The zero-order valence-corrected chi connectivity index (χ0v) is 14.1. The van der Waals surface area contributed by atoms with E-state index in [0.29, 0.717) is 5.75 Å². The van der Waals surface area contributed by atoms with Gasteiger partial charge in [0.25, 0.3) is 0 Å². The van der Waals surface area contributed by atoms with Crippen LogP contribution in [0.5, 0.6) is 0 Å². The Labute approximate surface area is 138 Å². The molecule has 110 valence electrons. The van der Waals surface area contributed by atoms with Crippen LogP contribution in [-0.4, -0.2) is 23.0 Å². The molecule has 0 aliphatic rings. The van der Waals surface area contributed by atoms with Gasteiger partial charge in [-0.1, -0.05) is 64.5 Å². The summed E-state index contributed by atoms with van der Waals surface area (Å²) in [6.07, 6.45) is 0.841. The van der Waals surface area contributed by atoms with Crippen LogP contribution in [0.1, 0.15) is 5.56 Å². The maximum Gasteiger partial charge on any atom is 0.230 e. The van der Waals surface area contributed by atoms with Gasteiger partial charge in [-0.2, -0.15) is 0 Å². The van der Waals surface area contributed by atoms with Crippen LogP contribution in [0, 0.1) is 0 Å². The topological polar surface area (TPSA) is 29.1 Å². The minimum absolute atomic E-state index is 0.0734. The van der Waals surface area contributed by atoms with Gasteiger partial charge in [-0.25, -0.2) is 0 Å². The molecule has 0 bridgehead atoms. The second kappa shape index (κ2) is 8.90. The Hall–Kier alpha value is -1.26. The quantitative estimate of drug-likeness (QED) is 0.596. The van der Waals surface area contributed by atoms with Crippen LogP contribution in [0.4, 0.5) is 0 Å². The smallest absolute Gasteiger partial charge is 0.230 e. The Bertz CT molecular complexity index is 547. The summed E-state index contributed by atoms with van der Waals surface area (Å²) in [5.74, 6) is 0.520. The summed E-state index contributed by atoms with van der Waals surface area (Å²) in [6, 6.07) is 20.3. The van der Waals surface area contributed by atoms with Gasteiger partial charge in [0.05, 0.1) is 5.75 Å². The predicted molar refractivity (Wildman–Crippen MR) is 93.0 cm³/mol. The largest absolute Gasteiger partial charge is 0.351 e. The lowest BCUT2D eigenvalue weighted by Gasteiger charge is -2.16. The summed E-state index contributed by atoms with van der Waals surface area (Å²) in [6.45, 7) is 0. The van der Waals surface area contributed by atoms with Gasteiger partial charge >= 0.3 is 0 Å². The molecule has 0 heterocycles. The highest BCUT2D eigenvalue weighted by Gasteiger charge is 2.12. The van der Waals surface area contributed by atoms with Crippen LogP contribution in [0.3, 0.4) is 0 Å². The molecule has 4 heteroatoms. The lowest BCUT2D eigenvalue weighted by molar-refractivity contribution is -0.119. The summed E-state index contributed by atoms with van der Waals surface area (Å²) < 4.78 is 0. The molecule has 0 saturated carbocycles. The van der Waals surface area contributed by atoms with Gasteiger partial charge in [0, 0.05) is 16.3 Å². The second-order valence-corrected chi connectivity index (χ2v) is 6.41. The van der Waals surface area contributed by atoms with Crippen molar-refractivity contribution >= 4 is 33.6 Å². The third-order valence-electron chi connectivity index (χ3n) is 2.99. The van der Waals surface area contributed by atoms with Gasteiger partial charge in [-0.05, 0) is 24.1 Å². The maximum absolute atomic E-state index is 12.0. The predicted octanol–water partition coefficient (Wildman–Crippen LogP) is 3.90. The lowest BCUT2D eigenvalue weighted by Crippen LogP contribution is -2.38. The van der Waals surface area contributed by atoms with Crippen LogP contribution in [0.15, 0.2) is 65.6 Å². The molecule has 0 radical (unpaired) electrons. The fourth-order valence-electron chi connectivity index (χ4n) is 1.98. The Morgan fingerprint density at radius 1 is 1.05 bits per heavy atom. The van der Waals surface area contributed by atoms with E-state index in [4.69, 9.17) is 0 Å². The summed E-state index contributed by atoms with van der Waals surface area (Å²) in [7, 11) is 0. The Morgan fingerprint density at radius 3 is 2.29 bits per heavy atom. The number of halogens is 1. The molecule has 21 heavy (non-hydrogen) atoms. The van der Waals surface area contributed by atoms with E-state index in [9.17, 15) is 4.79 Å². The zero-order chi connectivity index (χ0) is 14.9. The van der Waals surface area contributed by atoms with Crippen molar-refractivity contribution in [2.24, 2.45) is 0 Å². The fourth-order valence-corrected chi connectivity index (χ4v) is 3.10. The number of carbonyl (C=O) groups is 1. The molecule has 2 rings (SSSR count). The number of thioether (sulfide) groups is 1. The molecule has 1 N–H and O–H groups in total. The summed E-state index contributed by atoms with van der Waals surface area (Å²) >= 11 is 5.04. The Morgan fingerprint density at radius 2 is 1.67 bits per heavy atom. The summed E-state index contributed by atoms with van der Waals surface area (Å²) in [5.41, 5.74) is 1.23. The standard InChI is InChI=1S/C17H18BrNOS/c18-12-15(11-14-7-3-1-4-8-14)19-17(20)13-21-16-9-5-2-6-10-16/h1-10,15H,11-13H2,(H,19,20). The zero-order valence-electron chi connectivity index (χ0n) is 11.7. The number of benzene rings is 2. The molecular weight excluding hydrogens is 346 g/mol. The average molecular weight is 364 g/mol. The molecule has 0 spiro atoms. The Balaban J connectivity index is 1.80. The van der Waals surface area contributed by atoms with Gasteiger partial charge in [0.1, 0.15) is 0 Å². The van der Waals surface area contributed by atoms with E-state index in [-0.39, 0.29) is 11.9 Å². The van der Waals surface area contributed by atoms with Crippen LogP contribution in [0.2, 0.25) is 0 Å². The third kappa shape index (κ3) is 5.94. The van der Waals surface area contributed by atoms with Gasteiger partial charge in [-0.3, -0.25) is 4.79 Å². The average Bonchev–Trinajstić information content (AvgIpc) is 2.54. The SMILES string of the molecule is O=C(CSc1ccccc1)NC(CBr)Cc1ccccc1. The first-order valence-corrected chi connectivity index (χ1v) is 8.95. The van der Waals surface area contributed by atoms with Crippen molar-refractivity contribution in [2.75, 3.05) is 11.1 Å². The molecule has 2 aromatic rings. The number of rotatable bonds is 7.